The first-order valence-electron chi connectivity index (χ1n) is 4.85. The van der Waals surface area contributed by atoms with E-state index in [1.165, 1.54) is 11.1 Å². The van der Waals surface area contributed by atoms with E-state index in [1.807, 2.05) is 6.07 Å². The molecule has 2 atom stereocenters. The zero-order valence-corrected chi connectivity index (χ0v) is 10.8. The highest BCUT2D eigenvalue weighted by molar-refractivity contribution is 9.09. The number of alkyl halides is 1. The van der Waals surface area contributed by atoms with Crippen LogP contribution in [0.15, 0.2) is 18.2 Å². The minimum atomic E-state index is 0.495. The van der Waals surface area contributed by atoms with E-state index in [2.05, 4.69) is 48.8 Å². The summed E-state index contributed by atoms with van der Waals surface area (Å²) in [6.45, 7) is 6.53. The van der Waals surface area contributed by atoms with Gasteiger partial charge >= 0.3 is 0 Å². The van der Waals surface area contributed by atoms with Crippen LogP contribution in [0.4, 0.5) is 0 Å². The molecule has 0 spiro atoms. The Bertz CT molecular complexity index is 307. The number of benzene rings is 1. The van der Waals surface area contributed by atoms with E-state index in [1.54, 1.807) is 7.11 Å². The lowest BCUT2D eigenvalue weighted by Crippen LogP contribution is -2.06. The van der Waals surface area contributed by atoms with Gasteiger partial charge in [-0.1, -0.05) is 35.8 Å². The number of aryl methyl sites for hydroxylation is 1. The molecule has 78 valence electrons. The molecule has 0 saturated carbocycles. The van der Waals surface area contributed by atoms with Crippen LogP contribution in [0.2, 0.25) is 0 Å². The van der Waals surface area contributed by atoms with Gasteiger partial charge in [-0.25, -0.2) is 0 Å². The van der Waals surface area contributed by atoms with Gasteiger partial charge in [-0.15, -0.1) is 0 Å². The summed E-state index contributed by atoms with van der Waals surface area (Å²) < 4.78 is 5.18. The normalized spacial score (nSPS) is 14.9. The maximum atomic E-state index is 5.18. The Morgan fingerprint density at radius 1 is 1.29 bits per heavy atom. The number of methoxy groups -OCH3 is 1. The van der Waals surface area contributed by atoms with Crippen LogP contribution >= 0.6 is 15.9 Å². The zero-order valence-electron chi connectivity index (χ0n) is 9.17. The van der Waals surface area contributed by atoms with Gasteiger partial charge in [-0.3, -0.25) is 0 Å². The van der Waals surface area contributed by atoms with Gasteiger partial charge in [0.25, 0.3) is 0 Å². The Kier molecular flexibility index (Phi) is 3.99. The second-order valence-corrected chi connectivity index (χ2v) is 5.13. The molecule has 2 heteroatoms. The summed E-state index contributed by atoms with van der Waals surface area (Å²) in [6.07, 6.45) is 0. The van der Waals surface area contributed by atoms with Crippen molar-refractivity contribution in [3.05, 3.63) is 29.3 Å². The molecule has 1 nitrogen and oxygen atoms in total. The first-order valence-corrected chi connectivity index (χ1v) is 5.76. The monoisotopic (exact) mass is 256 g/mol. The highest BCUT2D eigenvalue weighted by Gasteiger charge is 2.13. The van der Waals surface area contributed by atoms with Gasteiger partial charge in [0.2, 0.25) is 0 Å². The van der Waals surface area contributed by atoms with Crippen molar-refractivity contribution in [3.8, 4) is 5.75 Å². The van der Waals surface area contributed by atoms with E-state index in [-0.39, 0.29) is 0 Å². The molecule has 0 amide bonds. The summed E-state index contributed by atoms with van der Waals surface area (Å²) in [4.78, 5) is 0.495. The van der Waals surface area contributed by atoms with Crippen molar-refractivity contribution in [2.24, 2.45) is 0 Å². The second-order valence-electron chi connectivity index (χ2n) is 3.69. The van der Waals surface area contributed by atoms with Crippen LogP contribution in [-0.4, -0.2) is 11.9 Å². The molecule has 0 aromatic heterocycles. The first-order chi connectivity index (χ1) is 6.56. The third kappa shape index (κ3) is 2.50. The molecule has 0 radical (unpaired) electrons. The molecule has 2 unspecified atom stereocenters. The largest absolute Gasteiger partial charge is 0.497 e. The highest BCUT2D eigenvalue weighted by atomic mass is 79.9. The van der Waals surface area contributed by atoms with Gasteiger partial charge in [0.05, 0.1) is 7.11 Å². The van der Waals surface area contributed by atoms with Crippen molar-refractivity contribution in [2.75, 3.05) is 7.11 Å². The lowest BCUT2D eigenvalue weighted by molar-refractivity contribution is 0.414. The number of rotatable bonds is 3. The fraction of sp³-hybridized carbons (Fsp3) is 0.500. The Labute approximate surface area is 94.6 Å². The molecule has 0 fully saturated rings. The van der Waals surface area contributed by atoms with E-state index in [0.29, 0.717) is 10.7 Å². The third-order valence-corrected chi connectivity index (χ3v) is 3.45. The van der Waals surface area contributed by atoms with Crippen LogP contribution in [0.25, 0.3) is 0 Å². The van der Waals surface area contributed by atoms with Crippen molar-refractivity contribution >= 4 is 15.9 Å². The molecular formula is C12H17BrO. The fourth-order valence-electron chi connectivity index (χ4n) is 1.53. The molecule has 1 aromatic carbocycles. The Morgan fingerprint density at radius 3 is 2.36 bits per heavy atom. The van der Waals surface area contributed by atoms with Crippen molar-refractivity contribution in [1.82, 2.24) is 0 Å². The average molecular weight is 257 g/mol. The van der Waals surface area contributed by atoms with Crippen LogP contribution in [0.3, 0.4) is 0 Å². The topological polar surface area (TPSA) is 9.23 Å². The van der Waals surface area contributed by atoms with Crippen LogP contribution in [0.5, 0.6) is 5.75 Å². The molecule has 0 saturated heterocycles. The van der Waals surface area contributed by atoms with E-state index < -0.39 is 0 Å². The van der Waals surface area contributed by atoms with Crippen molar-refractivity contribution < 1.29 is 4.74 Å². The molecule has 14 heavy (non-hydrogen) atoms. The van der Waals surface area contributed by atoms with Gasteiger partial charge in [0.15, 0.2) is 0 Å². The molecule has 0 heterocycles. The Morgan fingerprint density at radius 2 is 1.93 bits per heavy atom. The van der Waals surface area contributed by atoms with Crippen molar-refractivity contribution in [2.45, 2.75) is 31.5 Å². The first kappa shape index (κ1) is 11.6. The summed E-state index contributed by atoms with van der Waals surface area (Å²) in [5.74, 6) is 1.46. The summed E-state index contributed by atoms with van der Waals surface area (Å²) in [6, 6.07) is 6.26. The molecule has 0 aliphatic rings. The summed E-state index contributed by atoms with van der Waals surface area (Å²) in [5.41, 5.74) is 2.68. The maximum absolute atomic E-state index is 5.18. The number of halogens is 1. The molecule has 0 N–H and O–H groups in total. The van der Waals surface area contributed by atoms with Crippen LogP contribution in [-0.2, 0) is 0 Å². The standard InChI is InChI=1S/C12H17BrO/c1-8-7-11(14-4)5-6-12(8)9(2)10(3)13/h5-7,9-10H,1-4H3. The number of ether oxygens (including phenoxy) is 1. The van der Waals surface area contributed by atoms with Gasteiger partial charge in [-0.05, 0) is 36.1 Å². The molecule has 0 aliphatic carbocycles. The third-order valence-electron chi connectivity index (χ3n) is 2.66. The second kappa shape index (κ2) is 4.83. The van der Waals surface area contributed by atoms with Crippen LogP contribution < -0.4 is 4.74 Å². The minimum absolute atomic E-state index is 0.495. The van der Waals surface area contributed by atoms with Crippen molar-refractivity contribution in [3.63, 3.8) is 0 Å². The molecule has 1 aromatic rings. The molecule has 0 bridgehead atoms. The van der Waals surface area contributed by atoms with E-state index >= 15 is 0 Å². The lowest BCUT2D eigenvalue weighted by Gasteiger charge is -2.17. The van der Waals surface area contributed by atoms with Gasteiger partial charge in [-0.2, -0.15) is 0 Å². The van der Waals surface area contributed by atoms with Gasteiger partial charge in [0, 0.05) is 4.83 Å². The Balaban J connectivity index is 2.99. The Hall–Kier alpha value is -0.500. The fourth-order valence-corrected chi connectivity index (χ4v) is 1.82. The molecule has 1 rings (SSSR count). The van der Waals surface area contributed by atoms with Gasteiger partial charge in [0.1, 0.15) is 5.75 Å². The summed E-state index contributed by atoms with van der Waals surface area (Å²) >= 11 is 3.61. The smallest absolute Gasteiger partial charge is 0.119 e. The molecule has 0 aliphatic heterocycles. The SMILES string of the molecule is COc1ccc(C(C)C(C)Br)c(C)c1. The quantitative estimate of drug-likeness (QED) is 0.746. The highest BCUT2D eigenvalue weighted by Crippen LogP contribution is 2.28. The summed E-state index contributed by atoms with van der Waals surface area (Å²) in [7, 11) is 1.70. The van der Waals surface area contributed by atoms with E-state index in [9.17, 15) is 0 Å². The average Bonchev–Trinajstić information content (AvgIpc) is 2.16. The number of hydrogen-bond acceptors (Lipinski definition) is 1. The van der Waals surface area contributed by atoms with E-state index in [0.717, 1.165) is 5.75 Å². The predicted octanol–water partition coefficient (Wildman–Crippen LogP) is 3.89. The number of hydrogen-bond donors (Lipinski definition) is 0. The predicted molar refractivity (Wildman–Crippen MR) is 64.5 cm³/mol. The molecular weight excluding hydrogens is 240 g/mol. The van der Waals surface area contributed by atoms with Crippen LogP contribution in [0.1, 0.15) is 30.9 Å². The van der Waals surface area contributed by atoms with Crippen molar-refractivity contribution in [1.29, 1.82) is 0 Å². The van der Waals surface area contributed by atoms with E-state index in [4.69, 9.17) is 4.74 Å². The van der Waals surface area contributed by atoms with Gasteiger partial charge < -0.3 is 4.74 Å². The minimum Gasteiger partial charge on any atom is -0.497 e. The summed E-state index contributed by atoms with van der Waals surface area (Å²) in [5, 5.41) is 0. The lowest BCUT2D eigenvalue weighted by atomic mass is 9.94. The zero-order chi connectivity index (χ0) is 10.7. The van der Waals surface area contributed by atoms with Crippen LogP contribution in [0, 0.1) is 6.92 Å². The maximum Gasteiger partial charge on any atom is 0.119 e.